The Balaban J connectivity index is 1.86. The van der Waals surface area contributed by atoms with Crippen LogP contribution in [0, 0.1) is 6.92 Å². The van der Waals surface area contributed by atoms with Crippen LogP contribution in [0.1, 0.15) is 12.0 Å². The lowest BCUT2D eigenvalue weighted by molar-refractivity contribution is 0.297. The van der Waals surface area contributed by atoms with Crippen molar-refractivity contribution in [2.24, 2.45) is 0 Å². The van der Waals surface area contributed by atoms with Gasteiger partial charge in [-0.3, -0.25) is 0 Å². The van der Waals surface area contributed by atoms with Gasteiger partial charge in [0.15, 0.2) is 6.73 Å². The molecule has 2 heteroatoms. The fourth-order valence-corrected chi connectivity index (χ4v) is 1.61. The minimum absolute atomic E-state index is 0.481. The zero-order chi connectivity index (χ0) is 11.9. The highest BCUT2D eigenvalue weighted by Gasteiger charge is 1.97. The molecule has 0 atom stereocenters. The van der Waals surface area contributed by atoms with E-state index in [4.69, 9.17) is 4.74 Å². The van der Waals surface area contributed by atoms with E-state index in [1.54, 1.807) is 0 Å². The zero-order valence-electron chi connectivity index (χ0n) is 10.0. The summed E-state index contributed by atoms with van der Waals surface area (Å²) in [7, 11) is 0. The van der Waals surface area contributed by atoms with Gasteiger partial charge in [-0.05, 0) is 37.1 Å². The van der Waals surface area contributed by atoms with Gasteiger partial charge in [-0.15, -0.1) is 0 Å². The van der Waals surface area contributed by atoms with Gasteiger partial charge in [-0.2, -0.15) is 0 Å². The molecule has 0 saturated carbocycles. The van der Waals surface area contributed by atoms with Crippen LogP contribution in [0.15, 0.2) is 60.3 Å². The maximum absolute atomic E-state index is 5.67. The quantitative estimate of drug-likeness (QED) is 0.797. The van der Waals surface area contributed by atoms with Gasteiger partial charge in [0, 0.05) is 5.70 Å². The van der Waals surface area contributed by atoms with Crippen LogP contribution in [0.4, 0.5) is 0 Å². The Hall–Kier alpha value is -1.96. The van der Waals surface area contributed by atoms with Crippen LogP contribution in [-0.4, -0.2) is 6.73 Å². The Morgan fingerprint density at radius 1 is 1.24 bits per heavy atom. The van der Waals surface area contributed by atoms with Crippen LogP contribution in [0.2, 0.25) is 0 Å². The van der Waals surface area contributed by atoms with Gasteiger partial charge in [0.1, 0.15) is 5.75 Å². The van der Waals surface area contributed by atoms with Crippen molar-refractivity contribution < 1.29 is 4.74 Å². The minimum atomic E-state index is 0.481. The largest absolute Gasteiger partial charge is 0.473 e. The second-order valence-corrected chi connectivity index (χ2v) is 3.92. The third-order valence-corrected chi connectivity index (χ3v) is 2.58. The first-order chi connectivity index (χ1) is 8.36. The van der Waals surface area contributed by atoms with Crippen LogP contribution >= 0.6 is 0 Å². The van der Waals surface area contributed by atoms with E-state index >= 15 is 0 Å². The van der Waals surface area contributed by atoms with Crippen molar-refractivity contribution >= 4 is 0 Å². The van der Waals surface area contributed by atoms with Gasteiger partial charge < -0.3 is 10.1 Å². The topological polar surface area (TPSA) is 21.3 Å². The molecule has 1 aromatic rings. The number of nitrogens with one attached hydrogen (secondary N) is 1. The normalized spacial score (nSPS) is 14.1. The lowest BCUT2D eigenvalue weighted by Gasteiger charge is -2.11. The molecule has 1 aliphatic carbocycles. The highest BCUT2D eigenvalue weighted by molar-refractivity contribution is 5.32. The molecule has 88 valence electrons. The SMILES string of the molecule is Cc1ccccc1OCNC1=CC=CCC=C1. The number of hydrogen-bond donors (Lipinski definition) is 1. The monoisotopic (exact) mass is 227 g/mol. The first-order valence-electron chi connectivity index (χ1n) is 5.82. The molecule has 0 heterocycles. The number of aryl methyl sites for hydroxylation is 1. The van der Waals surface area contributed by atoms with Gasteiger partial charge in [0.25, 0.3) is 0 Å². The average molecular weight is 227 g/mol. The van der Waals surface area contributed by atoms with E-state index in [0.29, 0.717) is 6.73 Å². The summed E-state index contributed by atoms with van der Waals surface area (Å²) in [5.74, 6) is 0.925. The molecule has 0 unspecified atom stereocenters. The molecule has 0 spiro atoms. The van der Waals surface area contributed by atoms with E-state index in [2.05, 4.69) is 29.6 Å². The Labute approximate surface area is 102 Å². The van der Waals surface area contributed by atoms with Crippen LogP contribution < -0.4 is 10.1 Å². The molecule has 1 N–H and O–H groups in total. The molecule has 0 aromatic heterocycles. The fourth-order valence-electron chi connectivity index (χ4n) is 1.61. The van der Waals surface area contributed by atoms with Crippen molar-refractivity contribution in [3.63, 3.8) is 0 Å². The van der Waals surface area contributed by atoms with Crippen molar-refractivity contribution in [1.29, 1.82) is 0 Å². The molecule has 0 bridgehead atoms. The Morgan fingerprint density at radius 2 is 2.12 bits per heavy atom. The minimum Gasteiger partial charge on any atom is -0.473 e. The van der Waals surface area contributed by atoms with Gasteiger partial charge >= 0.3 is 0 Å². The van der Waals surface area contributed by atoms with Crippen molar-refractivity contribution in [1.82, 2.24) is 5.32 Å². The maximum atomic E-state index is 5.67. The zero-order valence-corrected chi connectivity index (χ0v) is 10.0. The van der Waals surface area contributed by atoms with Gasteiger partial charge in [-0.25, -0.2) is 0 Å². The second-order valence-electron chi connectivity index (χ2n) is 3.92. The first-order valence-corrected chi connectivity index (χ1v) is 5.82. The highest BCUT2D eigenvalue weighted by atomic mass is 16.5. The summed E-state index contributed by atoms with van der Waals surface area (Å²) in [5.41, 5.74) is 2.23. The first kappa shape index (κ1) is 11.5. The second kappa shape index (κ2) is 5.94. The van der Waals surface area contributed by atoms with E-state index in [1.807, 2.05) is 37.3 Å². The van der Waals surface area contributed by atoms with Crippen LogP contribution in [-0.2, 0) is 0 Å². The van der Waals surface area contributed by atoms with Gasteiger partial charge in [0.2, 0.25) is 0 Å². The van der Waals surface area contributed by atoms with E-state index in [9.17, 15) is 0 Å². The Kier molecular flexibility index (Phi) is 4.03. The number of hydrogen-bond acceptors (Lipinski definition) is 2. The number of para-hydroxylation sites is 1. The predicted octanol–water partition coefficient (Wildman–Crippen LogP) is 3.32. The predicted molar refractivity (Wildman–Crippen MR) is 70.8 cm³/mol. The summed E-state index contributed by atoms with van der Waals surface area (Å²) in [6.45, 7) is 2.53. The fraction of sp³-hybridized carbons (Fsp3) is 0.200. The van der Waals surface area contributed by atoms with Crippen LogP contribution in [0.25, 0.3) is 0 Å². The third-order valence-electron chi connectivity index (χ3n) is 2.58. The van der Waals surface area contributed by atoms with Crippen LogP contribution in [0.3, 0.4) is 0 Å². The lowest BCUT2D eigenvalue weighted by atomic mass is 10.2. The summed E-state index contributed by atoms with van der Waals surface area (Å²) >= 11 is 0. The maximum Gasteiger partial charge on any atom is 0.159 e. The number of rotatable bonds is 4. The van der Waals surface area contributed by atoms with E-state index in [0.717, 1.165) is 23.4 Å². The summed E-state index contributed by atoms with van der Waals surface area (Å²) < 4.78 is 5.67. The average Bonchev–Trinajstić information content (AvgIpc) is 2.60. The lowest BCUT2D eigenvalue weighted by Crippen LogP contribution is -2.18. The van der Waals surface area contributed by atoms with Gasteiger partial charge in [-0.1, -0.05) is 36.4 Å². The number of ether oxygens (including phenoxy) is 1. The summed E-state index contributed by atoms with van der Waals surface area (Å²) in [4.78, 5) is 0. The standard InChI is InChI=1S/C15H17NO/c1-13-8-6-7-11-15(13)17-12-16-14-9-4-2-3-5-10-14/h2,4-11,16H,3,12H2,1H3. The molecule has 0 radical (unpaired) electrons. The molecule has 0 saturated heterocycles. The molecule has 0 fully saturated rings. The highest BCUT2D eigenvalue weighted by Crippen LogP contribution is 2.15. The summed E-state index contributed by atoms with van der Waals surface area (Å²) in [6.07, 6.45) is 11.4. The van der Waals surface area contributed by atoms with E-state index in [1.165, 1.54) is 0 Å². The van der Waals surface area contributed by atoms with Crippen molar-refractivity contribution in [2.45, 2.75) is 13.3 Å². The molecular weight excluding hydrogens is 210 g/mol. The number of allylic oxidation sites excluding steroid dienone is 5. The van der Waals surface area contributed by atoms with E-state index in [-0.39, 0.29) is 0 Å². The molecule has 2 nitrogen and oxygen atoms in total. The smallest absolute Gasteiger partial charge is 0.159 e. The Bertz CT molecular complexity index is 458. The third kappa shape index (κ3) is 3.52. The van der Waals surface area contributed by atoms with E-state index < -0.39 is 0 Å². The molecule has 0 amide bonds. The molecule has 1 aliphatic rings. The summed E-state index contributed by atoms with van der Waals surface area (Å²) in [5, 5.41) is 3.24. The molecular formula is C15H17NO. The van der Waals surface area contributed by atoms with Crippen molar-refractivity contribution in [3.05, 3.63) is 65.9 Å². The Morgan fingerprint density at radius 3 is 3.00 bits per heavy atom. The number of benzene rings is 1. The van der Waals surface area contributed by atoms with Gasteiger partial charge in [0.05, 0.1) is 0 Å². The van der Waals surface area contributed by atoms with Crippen LogP contribution in [0.5, 0.6) is 5.75 Å². The molecule has 17 heavy (non-hydrogen) atoms. The molecule has 0 aliphatic heterocycles. The molecule has 2 rings (SSSR count). The van der Waals surface area contributed by atoms with Crippen molar-refractivity contribution in [3.8, 4) is 5.75 Å². The van der Waals surface area contributed by atoms with Crippen molar-refractivity contribution in [2.75, 3.05) is 6.73 Å². The summed E-state index contributed by atoms with van der Waals surface area (Å²) in [6, 6.07) is 8.02. The molecule has 1 aromatic carbocycles.